The number of furan rings is 1. The lowest BCUT2D eigenvalue weighted by Crippen LogP contribution is -1.92. The first-order chi connectivity index (χ1) is 23.3. The molecule has 0 radical (unpaired) electrons. The van der Waals surface area contributed by atoms with Crippen molar-refractivity contribution in [3.05, 3.63) is 170 Å². The van der Waals surface area contributed by atoms with Crippen LogP contribution in [0.5, 0.6) is 0 Å². The van der Waals surface area contributed by atoms with Crippen molar-refractivity contribution in [2.75, 3.05) is 0 Å². The number of hydrogen-bond donors (Lipinski definition) is 0. The van der Waals surface area contributed by atoms with Gasteiger partial charge in [-0.2, -0.15) is 0 Å². The van der Waals surface area contributed by atoms with Crippen molar-refractivity contribution in [1.82, 2.24) is 0 Å². The SMILES string of the molecule is c1ccc2c(c1)ccc1c(-c3c4ccccc4c(-c4ccc(-c5cccc6c5oc5ccccc56)cc4)c4ccccc34)cccc12. The van der Waals surface area contributed by atoms with Crippen molar-refractivity contribution in [3.63, 3.8) is 0 Å². The molecule has 0 aliphatic carbocycles. The highest BCUT2D eigenvalue weighted by Crippen LogP contribution is 2.46. The fourth-order valence-electron chi connectivity index (χ4n) is 7.78. The van der Waals surface area contributed by atoms with E-state index in [1.165, 1.54) is 65.3 Å². The molecule has 10 rings (SSSR count). The minimum atomic E-state index is 0.920. The highest BCUT2D eigenvalue weighted by atomic mass is 16.3. The van der Waals surface area contributed by atoms with Gasteiger partial charge in [-0.3, -0.25) is 0 Å². The summed E-state index contributed by atoms with van der Waals surface area (Å²) in [4.78, 5) is 0. The van der Waals surface area contributed by atoms with E-state index in [0.29, 0.717) is 0 Å². The number of rotatable bonds is 3. The van der Waals surface area contributed by atoms with Crippen LogP contribution in [0.15, 0.2) is 174 Å². The third kappa shape index (κ3) is 3.90. The van der Waals surface area contributed by atoms with Gasteiger partial charge in [0.15, 0.2) is 0 Å². The van der Waals surface area contributed by atoms with Gasteiger partial charge in [0.2, 0.25) is 0 Å². The molecule has 1 aromatic heterocycles. The number of fused-ring (bicyclic) bond motifs is 8. The zero-order valence-corrected chi connectivity index (χ0v) is 25.6. The monoisotopic (exact) mass is 596 g/mol. The highest BCUT2D eigenvalue weighted by molar-refractivity contribution is 6.25. The molecule has 0 fully saturated rings. The van der Waals surface area contributed by atoms with Gasteiger partial charge in [0, 0.05) is 16.3 Å². The molecule has 0 saturated carbocycles. The molecule has 0 N–H and O–H groups in total. The molecular weight excluding hydrogens is 569 g/mol. The minimum absolute atomic E-state index is 0.920. The van der Waals surface area contributed by atoms with Gasteiger partial charge in [0.1, 0.15) is 11.2 Å². The second-order valence-electron chi connectivity index (χ2n) is 12.4. The average Bonchev–Trinajstić information content (AvgIpc) is 3.53. The number of benzene rings is 9. The molecule has 9 aromatic carbocycles. The largest absolute Gasteiger partial charge is 0.455 e. The summed E-state index contributed by atoms with van der Waals surface area (Å²) < 4.78 is 6.38. The fraction of sp³-hybridized carbons (Fsp3) is 0. The fourth-order valence-corrected chi connectivity index (χ4v) is 7.78. The van der Waals surface area contributed by atoms with Gasteiger partial charge in [-0.05, 0) is 77.0 Å². The first-order valence-electron chi connectivity index (χ1n) is 16.2. The topological polar surface area (TPSA) is 13.1 Å². The second-order valence-corrected chi connectivity index (χ2v) is 12.4. The van der Waals surface area contributed by atoms with Crippen molar-refractivity contribution < 1.29 is 4.42 Å². The molecule has 0 unspecified atom stereocenters. The molecule has 1 heteroatoms. The molecule has 218 valence electrons. The van der Waals surface area contributed by atoms with Crippen LogP contribution >= 0.6 is 0 Å². The maximum atomic E-state index is 6.38. The first kappa shape index (κ1) is 26.1. The van der Waals surface area contributed by atoms with Crippen LogP contribution in [0.4, 0.5) is 0 Å². The standard InChI is InChI=1S/C46H28O/c1-2-12-32-29(11-1)27-28-35-34(32)19-10-20-37(35)45-40-16-5-3-14-38(40)44(39-15-4-6-17-41(39)45)31-25-23-30(24-26-31)33-18-9-21-42-36-13-7-8-22-43(36)47-46(33)42/h1-28H. The van der Waals surface area contributed by atoms with E-state index in [1.807, 2.05) is 12.1 Å². The Morgan fingerprint density at radius 3 is 1.53 bits per heavy atom. The van der Waals surface area contributed by atoms with Gasteiger partial charge >= 0.3 is 0 Å². The van der Waals surface area contributed by atoms with Crippen molar-refractivity contribution in [3.8, 4) is 33.4 Å². The summed E-state index contributed by atoms with van der Waals surface area (Å²) in [5.74, 6) is 0. The van der Waals surface area contributed by atoms with E-state index in [4.69, 9.17) is 4.42 Å². The van der Waals surface area contributed by atoms with Crippen molar-refractivity contribution >= 4 is 65.0 Å². The molecule has 0 bridgehead atoms. The lowest BCUT2D eigenvalue weighted by Gasteiger charge is -2.19. The molecule has 1 nitrogen and oxygen atoms in total. The molecule has 1 heterocycles. The number of hydrogen-bond acceptors (Lipinski definition) is 1. The molecule has 0 saturated heterocycles. The molecule has 0 amide bonds. The van der Waals surface area contributed by atoms with Crippen LogP contribution < -0.4 is 0 Å². The third-order valence-electron chi connectivity index (χ3n) is 9.88. The third-order valence-corrected chi connectivity index (χ3v) is 9.88. The van der Waals surface area contributed by atoms with E-state index < -0.39 is 0 Å². The van der Waals surface area contributed by atoms with Gasteiger partial charge in [-0.1, -0.05) is 164 Å². The summed E-state index contributed by atoms with van der Waals surface area (Å²) in [6, 6.07) is 61.5. The Labute approximate surface area is 271 Å². The van der Waals surface area contributed by atoms with Gasteiger partial charge < -0.3 is 4.42 Å². The van der Waals surface area contributed by atoms with Gasteiger partial charge in [0.25, 0.3) is 0 Å². The number of para-hydroxylation sites is 2. The van der Waals surface area contributed by atoms with E-state index in [0.717, 1.165) is 33.1 Å². The molecule has 0 aliphatic rings. The normalized spacial score (nSPS) is 11.8. The van der Waals surface area contributed by atoms with E-state index >= 15 is 0 Å². The lowest BCUT2D eigenvalue weighted by molar-refractivity contribution is 0.670. The summed E-state index contributed by atoms with van der Waals surface area (Å²) in [5.41, 5.74) is 9.13. The Balaban J connectivity index is 1.20. The quantitative estimate of drug-likeness (QED) is 0.146. The van der Waals surface area contributed by atoms with E-state index in [2.05, 4.69) is 158 Å². The van der Waals surface area contributed by atoms with Crippen LogP contribution in [-0.2, 0) is 0 Å². The van der Waals surface area contributed by atoms with Crippen LogP contribution in [0.1, 0.15) is 0 Å². The Bertz CT molecular complexity index is 2780. The Hall–Kier alpha value is -6.18. The van der Waals surface area contributed by atoms with Crippen molar-refractivity contribution in [1.29, 1.82) is 0 Å². The van der Waals surface area contributed by atoms with Crippen molar-refractivity contribution in [2.24, 2.45) is 0 Å². The second kappa shape index (κ2) is 10.2. The zero-order valence-electron chi connectivity index (χ0n) is 25.6. The van der Waals surface area contributed by atoms with Crippen molar-refractivity contribution in [2.45, 2.75) is 0 Å². The Morgan fingerprint density at radius 1 is 0.277 bits per heavy atom. The van der Waals surface area contributed by atoms with E-state index in [9.17, 15) is 0 Å². The smallest absolute Gasteiger partial charge is 0.143 e. The predicted molar refractivity (Wildman–Crippen MR) is 200 cm³/mol. The van der Waals surface area contributed by atoms with E-state index in [1.54, 1.807) is 0 Å². The molecular formula is C46H28O. The summed E-state index contributed by atoms with van der Waals surface area (Å²) in [5, 5.41) is 12.5. The maximum absolute atomic E-state index is 6.38. The summed E-state index contributed by atoms with van der Waals surface area (Å²) >= 11 is 0. The molecule has 0 spiro atoms. The summed E-state index contributed by atoms with van der Waals surface area (Å²) in [7, 11) is 0. The lowest BCUT2D eigenvalue weighted by atomic mass is 9.84. The molecule has 47 heavy (non-hydrogen) atoms. The maximum Gasteiger partial charge on any atom is 0.143 e. The van der Waals surface area contributed by atoms with Crippen LogP contribution in [0, 0.1) is 0 Å². The van der Waals surface area contributed by atoms with Gasteiger partial charge in [-0.15, -0.1) is 0 Å². The highest BCUT2D eigenvalue weighted by Gasteiger charge is 2.19. The van der Waals surface area contributed by atoms with Crippen LogP contribution in [0.2, 0.25) is 0 Å². The van der Waals surface area contributed by atoms with Gasteiger partial charge in [-0.25, -0.2) is 0 Å². The average molecular weight is 597 g/mol. The Morgan fingerprint density at radius 2 is 0.809 bits per heavy atom. The summed E-state index contributed by atoms with van der Waals surface area (Å²) in [6.07, 6.45) is 0. The zero-order chi connectivity index (χ0) is 30.9. The first-order valence-corrected chi connectivity index (χ1v) is 16.2. The molecule has 0 atom stereocenters. The molecule has 0 aliphatic heterocycles. The molecule has 10 aromatic rings. The predicted octanol–water partition coefficient (Wildman–Crippen LogP) is 13.2. The van der Waals surface area contributed by atoms with Crippen LogP contribution in [0.25, 0.3) is 98.4 Å². The van der Waals surface area contributed by atoms with Crippen LogP contribution in [0.3, 0.4) is 0 Å². The van der Waals surface area contributed by atoms with E-state index in [-0.39, 0.29) is 0 Å². The van der Waals surface area contributed by atoms with Gasteiger partial charge in [0.05, 0.1) is 0 Å². The van der Waals surface area contributed by atoms with Crippen LogP contribution in [-0.4, -0.2) is 0 Å². The summed E-state index contributed by atoms with van der Waals surface area (Å²) in [6.45, 7) is 0. The Kier molecular flexibility index (Phi) is 5.64. The minimum Gasteiger partial charge on any atom is -0.455 e.